The van der Waals surface area contributed by atoms with Gasteiger partial charge in [0.25, 0.3) is 5.91 Å². The Bertz CT molecular complexity index is 728. The average Bonchev–Trinajstić information content (AvgIpc) is 2.44. The Morgan fingerprint density at radius 2 is 2.09 bits per heavy atom. The van der Waals surface area contributed by atoms with Gasteiger partial charge in [0.15, 0.2) is 24.0 Å². The molecule has 22 heavy (non-hydrogen) atoms. The minimum atomic E-state index is -0.569. The fourth-order valence-corrected chi connectivity index (χ4v) is 2.29. The summed E-state index contributed by atoms with van der Waals surface area (Å²) in [6.45, 7) is 1.31. The molecule has 0 radical (unpaired) electrons. The number of pyridine rings is 1. The quantitative estimate of drug-likeness (QED) is 0.804. The number of carbonyl (C=O) groups excluding carboxylic acids is 1. The summed E-state index contributed by atoms with van der Waals surface area (Å²) in [5.41, 5.74) is 0.529. The van der Waals surface area contributed by atoms with Crippen molar-refractivity contribution in [3.63, 3.8) is 0 Å². The van der Waals surface area contributed by atoms with E-state index in [1.54, 1.807) is 13.0 Å². The van der Waals surface area contributed by atoms with Crippen molar-refractivity contribution in [1.82, 2.24) is 4.98 Å². The maximum atomic E-state index is 13.6. The van der Waals surface area contributed by atoms with E-state index in [1.807, 2.05) is 0 Å². The van der Waals surface area contributed by atoms with Crippen molar-refractivity contribution in [3.8, 4) is 5.75 Å². The van der Waals surface area contributed by atoms with Gasteiger partial charge < -0.3 is 10.1 Å². The fraction of sp³-hybridized carbons (Fsp3) is 0.143. The molecular formula is C14H10BrCl2FN2O2. The third kappa shape index (κ3) is 4.32. The number of nitrogens with one attached hydrogen (secondary N) is 1. The summed E-state index contributed by atoms with van der Waals surface area (Å²) >= 11 is 14.9. The van der Waals surface area contributed by atoms with E-state index in [0.717, 1.165) is 0 Å². The van der Waals surface area contributed by atoms with E-state index in [2.05, 4.69) is 26.2 Å². The Kier molecular flexibility index (Phi) is 5.61. The molecule has 116 valence electrons. The largest absolute Gasteiger partial charge is 0.481 e. The number of amides is 1. The van der Waals surface area contributed by atoms with Crippen LogP contribution in [0.3, 0.4) is 0 Å². The monoisotopic (exact) mass is 406 g/mol. The number of hydrogen-bond donors (Lipinski definition) is 1. The Hall–Kier alpha value is -1.37. The number of hydrogen-bond acceptors (Lipinski definition) is 3. The molecule has 2 aromatic rings. The van der Waals surface area contributed by atoms with Crippen LogP contribution in [0.1, 0.15) is 5.69 Å². The molecule has 1 aromatic carbocycles. The summed E-state index contributed by atoms with van der Waals surface area (Å²) < 4.78 is 19.2. The minimum Gasteiger partial charge on any atom is -0.481 e. The molecule has 0 saturated carbocycles. The Labute approximate surface area is 144 Å². The molecule has 0 aliphatic rings. The highest BCUT2D eigenvalue weighted by Gasteiger charge is 2.12. The Morgan fingerprint density at radius 3 is 2.77 bits per heavy atom. The van der Waals surface area contributed by atoms with Gasteiger partial charge in [-0.15, -0.1) is 0 Å². The molecule has 0 saturated heterocycles. The van der Waals surface area contributed by atoms with Crippen LogP contribution in [0.5, 0.6) is 5.75 Å². The van der Waals surface area contributed by atoms with Crippen molar-refractivity contribution in [3.05, 3.63) is 50.3 Å². The van der Waals surface area contributed by atoms with Crippen LogP contribution in [0.4, 0.5) is 10.2 Å². The molecule has 0 bridgehead atoms. The highest BCUT2D eigenvalue weighted by atomic mass is 79.9. The number of ether oxygens (including phenoxy) is 1. The number of anilines is 1. The van der Waals surface area contributed by atoms with Crippen LogP contribution in [0.25, 0.3) is 0 Å². The van der Waals surface area contributed by atoms with Crippen LogP contribution >= 0.6 is 39.1 Å². The maximum Gasteiger partial charge on any atom is 0.263 e. The summed E-state index contributed by atoms with van der Waals surface area (Å²) in [6.07, 6.45) is 0. The molecule has 1 aromatic heterocycles. The highest BCUT2D eigenvalue weighted by molar-refractivity contribution is 9.10. The van der Waals surface area contributed by atoms with Gasteiger partial charge in [0.2, 0.25) is 0 Å². The predicted octanol–water partition coefficient (Wildman–Crippen LogP) is 4.62. The molecule has 4 nitrogen and oxygen atoms in total. The van der Waals surface area contributed by atoms with Crippen molar-refractivity contribution in [2.24, 2.45) is 0 Å². The van der Waals surface area contributed by atoms with E-state index < -0.39 is 11.7 Å². The number of benzene rings is 1. The molecule has 1 heterocycles. The van der Waals surface area contributed by atoms with Crippen molar-refractivity contribution in [2.45, 2.75) is 6.92 Å². The standard InChI is InChI=1S/C14H10BrCl2FN2O2/c1-7-9(16)5-10(17)14(19-7)20-13(21)6-22-12-3-2-8(15)4-11(12)18/h2-5H,6H2,1H3,(H,19,20,21). The average molecular weight is 408 g/mol. The minimum absolute atomic E-state index is 0.0234. The van der Waals surface area contributed by atoms with E-state index >= 15 is 0 Å². The van der Waals surface area contributed by atoms with Crippen LogP contribution in [0.2, 0.25) is 10.0 Å². The lowest BCUT2D eigenvalue weighted by atomic mass is 10.3. The Morgan fingerprint density at radius 1 is 1.36 bits per heavy atom. The van der Waals surface area contributed by atoms with Crippen molar-refractivity contribution in [1.29, 1.82) is 0 Å². The zero-order chi connectivity index (χ0) is 16.3. The zero-order valence-electron chi connectivity index (χ0n) is 11.3. The molecule has 0 spiro atoms. The molecule has 1 amide bonds. The summed E-state index contributed by atoms with van der Waals surface area (Å²) in [5, 5.41) is 3.09. The molecule has 0 aliphatic heterocycles. The Balaban J connectivity index is 2.00. The normalized spacial score (nSPS) is 10.4. The third-order valence-electron chi connectivity index (χ3n) is 2.62. The maximum absolute atomic E-state index is 13.6. The van der Waals surface area contributed by atoms with Crippen LogP contribution < -0.4 is 10.1 Å². The molecular weight excluding hydrogens is 398 g/mol. The van der Waals surface area contributed by atoms with E-state index in [0.29, 0.717) is 15.2 Å². The lowest BCUT2D eigenvalue weighted by molar-refractivity contribution is -0.118. The van der Waals surface area contributed by atoms with Gasteiger partial charge in [-0.05, 0) is 31.2 Å². The first-order chi connectivity index (χ1) is 10.4. The number of rotatable bonds is 4. The summed E-state index contributed by atoms with van der Waals surface area (Å²) in [5.74, 6) is -0.933. The third-order valence-corrected chi connectivity index (χ3v) is 3.78. The smallest absolute Gasteiger partial charge is 0.263 e. The highest BCUT2D eigenvalue weighted by Crippen LogP contribution is 2.25. The number of halogens is 4. The van der Waals surface area contributed by atoms with E-state index in [9.17, 15) is 9.18 Å². The van der Waals surface area contributed by atoms with Crippen LogP contribution in [0, 0.1) is 12.7 Å². The van der Waals surface area contributed by atoms with Gasteiger partial charge >= 0.3 is 0 Å². The molecule has 8 heteroatoms. The van der Waals surface area contributed by atoms with E-state index in [1.165, 1.54) is 18.2 Å². The number of nitrogens with zero attached hydrogens (tertiary/aromatic N) is 1. The van der Waals surface area contributed by atoms with Crippen molar-refractivity contribution < 1.29 is 13.9 Å². The second-order valence-corrected chi connectivity index (χ2v) is 6.03. The summed E-state index contributed by atoms with van der Waals surface area (Å²) in [6, 6.07) is 5.76. The van der Waals surface area contributed by atoms with E-state index in [4.69, 9.17) is 27.9 Å². The van der Waals surface area contributed by atoms with Crippen LogP contribution in [-0.4, -0.2) is 17.5 Å². The lowest BCUT2D eigenvalue weighted by Gasteiger charge is -2.10. The van der Waals surface area contributed by atoms with Crippen LogP contribution in [-0.2, 0) is 4.79 Å². The number of aryl methyl sites for hydroxylation is 1. The molecule has 2 rings (SSSR count). The molecule has 0 atom stereocenters. The lowest BCUT2D eigenvalue weighted by Crippen LogP contribution is -2.21. The zero-order valence-corrected chi connectivity index (χ0v) is 14.4. The van der Waals surface area contributed by atoms with Crippen LogP contribution in [0.15, 0.2) is 28.7 Å². The van der Waals surface area contributed by atoms with Crippen molar-refractivity contribution >= 4 is 50.9 Å². The van der Waals surface area contributed by atoms with Gasteiger partial charge in [0.05, 0.1) is 15.7 Å². The van der Waals surface area contributed by atoms with E-state index in [-0.39, 0.29) is 23.2 Å². The van der Waals surface area contributed by atoms with Gasteiger partial charge in [-0.1, -0.05) is 39.1 Å². The fourth-order valence-electron chi connectivity index (χ4n) is 1.55. The van der Waals surface area contributed by atoms with Crippen molar-refractivity contribution in [2.75, 3.05) is 11.9 Å². The molecule has 0 unspecified atom stereocenters. The SMILES string of the molecule is Cc1nc(NC(=O)COc2ccc(Br)cc2F)c(Cl)cc1Cl. The first-order valence-electron chi connectivity index (χ1n) is 6.07. The second kappa shape index (κ2) is 7.26. The first-order valence-corrected chi connectivity index (χ1v) is 7.62. The van der Waals surface area contributed by atoms with Gasteiger partial charge in [0.1, 0.15) is 0 Å². The second-order valence-electron chi connectivity index (χ2n) is 4.30. The first kappa shape index (κ1) is 17.0. The molecule has 0 fully saturated rings. The van der Waals surface area contributed by atoms with Gasteiger partial charge in [0, 0.05) is 4.47 Å². The summed E-state index contributed by atoms with van der Waals surface area (Å²) in [7, 11) is 0. The van der Waals surface area contributed by atoms with Gasteiger partial charge in [-0.3, -0.25) is 4.79 Å². The predicted molar refractivity (Wildman–Crippen MR) is 87.2 cm³/mol. The molecule has 0 aliphatic carbocycles. The van der Waals surface area contributed by atoms with Gasteiger partial charge in [-0.25, -0.2) is 9.37 Å². The van der Waals surface area contributed by atoms with Gasteiger partial charge in [-0.2, -0.15) is 0 Å². The molecule has 1 N–H and O–H groups in total. The number of aromatic nitrogens is 1. The number of carbonyl (C=O) groups is 1. The topological polar surface area (TPSA) is 51.2 Å². The summed E-state index contributed by atoms with van der Waals surface area (Å²) in [4.78, 5) is 15.9.